The van der Waals surface area contributed by atoms with Gasteiger partial charge in [0.25, 0.3) is 10.2 Å². The Balaban J connectivity index is 2.80. The van der Waals surface area contributed by atoms with Crippen molar-refractivity contribution in [2.45, 2.75) is 26.7 Å². The van der Waals surface area contributed by atoms with Gasteiger partial charge in [-0.15, -0.1) is 0 Å². The summed E-state index contributed by atoms with van der Waals surface area (Å²) >= 11 is 0. The number of nitrogens with zero attached hydrogens (tertiary/aromatic N) is 2. The number of hydrogen-bond donors (Lipinski definition) is 0. The van der Waals surface area contributed by atoms with Gasteiger partial charge in [-0.1, -0.05) is 13.8 Å². The predicted molar refractivity (Wildman–Crippen MR) is 57.2 cm³/mol. The van der Waals surface area contributed by atoms with E-state index >= 15 is 0 Å². The summed E-state index contributed by atoms with van der Waals surface area (Å²) in [4.78, 5) is 0. The van der Waals surface area contributed by atoms with Crippen LogP contribution in [0.1, 0.15) is 26.7 Å². The summed E-state index contributed by atoms with van der Waals surface area (Å²) in [6.07, 6.45) is 2.06. The maximum absolute atomic E-state index is 11.8. The van der Waals surface area contributed by atoms with Crippen LogP contribution < -0.4 is 0 Å². The van der Waals surface area contributed by atoms with E-state index in [-0.39, 0.29) is 5.41 Å². The van der Waals surface area contributed by atoms with Gasteiger partial charge in [0.1, 0.15) is 0 Å². The van der Waals surface area contributed by atoms with Crippen molar-refractivity contribution in [1.82, 2.24) is 8.61 Å². The van der Waals surface area contributed by atoms with Crippen molar-refractivity contribution in [2.75, 3.05) is 27.2 Å². The second-order valence-corrected chi connectivity index (χ2v) is 7.03. The van der Waals surface area contributed by atoms with Crippen molar-refractivity contribution >= 4 is 10.2 Å². The first kappa shape index (κ1) is 11.9. The van der Waals surface area contributed by atoms with Gasteiger partial charge in [-0.05, 0) is 18.3 Å². The zero-order chi connectivity index (χ0) is 11.0. The summed E-state index contributed by atoms with van der Waals surface area (Å²) in [5.74, 6) is 0. The molecular weight excluding hydrogens is 200 g/mol. The lowest BCUT2D eigenvalue weighted by Crippen LogP contribution is -2.47. The second kappa shape index (κ2) is 3.79. The van der Waals surface area contributed by atoms with Gasteiger partial charge in [0.05, 0.1) is 0 Å². The Hall–Kier alpha value is -0.130. The Kier molecular flexibility index (Phi) is 3.23. The molecule has 1 aliphatic heterocycles. The smallest absolute Gasteiger partial charge is 0.195 e. The van der Waals surface area contributed by atoms with Crippen LogP contribution in [0.4, 0.5) is 0 Å². The summed E-state index contributed by atoms with van der Waals surface area (Å²) in [6, 6.07) is 0. The van der Waals surface area contributed by atoms with E-state index in [1.807, 2.05) is 0 Å². The summed E-state index contributed by atoms with van der Waals surface area (Å²) < 4.78 is 26.5. The molecule has 1 heterocycles. The normalized spacial score (nSPS) is 24.1. The zero-order valence-electron chi connectivity index (χ0n) is 9.45. The summed E-state index contributed by atoms with van der Waals surface area (Å²) in [7, 11) is -0.0437. The van der Waals surface area contributed by atoms with E-state index in [0.29, 0.717) is 13.1 Å². The van der Waals surface area contributed by atoms with E-state index in [4.69, 9.17) is 0 Å². The molecular formula is C9H20N2O2S. The van der Waals surface area contributed by atoms with Crippen LogP contribution in [-0.2, 0) is 10.2 Å². The average molecular weight is 220 g/mol. The Labute approximate surface area is 87.1 Å². The first-order chi connectivity index (χ1) is 6.26. The molecule has 1 rings (SSSR count). The zero-order valence-corrected chi connectivity index (χ0v) is 10.3. The molecule has 1 fully saturated rings. The highest BCUT2D eigenvalue weighted by Gasteiger charge is 2.34. The second-order valence-electron chi connectivity index (χ2n) is 4.89. The fourth-order valence-corrected chi connectivity index (χ4v) is 3.13. The van der Waals surface area contributed by atoms with Crippen LogP contribution in [0, 0.1) is 5.41 Å². The Bertz CT molecular complexity index is 296. The van der Waals surface area contributed by atoms with Gasteiger partial charge in [0.2, 0.25) is 0 Å². The van der Waals surface area contributed by atoms with Gasteiger partial charge < -0.3 is 0 Å². The largest absolute Gasteiger partial charge is 0.281 e. The highest BCUT2D eigenvalue weighted by Crippen LogP contribution is 2.30. The Morgan fingerprint density at radius 3 is 2.29 bits per heavy atom. The molecule has 1 aliphatic rings. The van der Waals surface area contributed by atoms with Gasteiger partial charge in [0.15, 0.2) is 0 Å². The first-order valence-electron chi connectivity index (χ1n) is 4.93. The first-order valence-corrected chi connectivity index (χ1v) is 6.33. The summed E-state index contributed by atoms with van der Waals surface area (Å²) in [5.41, 5.74) is 0.112. The predicted octanol–water partition coefficient (Wildman–Crippen LogP) is 0.915. The Morgan fingerprint density at radius 1 is 1.29 bits per heavy atom. The lowest BCUT2D eigenvalue weighted by atomic mass is 9.85. The van der Waals surface area contributed by atoms with Crippen molar-refractivity contribution in [1.29, 1.82) is 0 Å². The van der Waals surface area contributed by atoms with Crippen molar-refractivity contribution in [3.63, 3.8) is 0 Å². The van der Waals surface area contributed by atoms with Crippen LogP contribution in [0.15, 0.2) is 0 Å². The van der Waals surface area contributed by atoms with Crippen LogP contribution in [-0.4, -0.2) is 44.2 Å². The van der Waals surface area contributed by atoms with Crippen molar-refractivity contribution in [2.24, 2.45) is 5.41 Å². The standard InChI is InChI=1S/C9H20N2O2S/c1-9(2)6-5-7-11(8-9)14(12,13)10(3)4/h5-8H2,1-4H3. The number of rotatable bonds is 2. The monoisotopic (exact) mass is 220 g/mol. The lowest BCUT2D eigenvalue weighted by Gasteiger charge is -2.38. The topological polar surface area (TPSA) is 40.6 Å². The molecule has 14 heavy (non-hydrogen) atoms. The minimum atomic E-state index is -3.20. The third kappa shape index (κ3) is 2.46. The molecule has 0 spiro atoms. The molecule has 0 atom stereocenters. The molecule has 0 bridgehead atoms. The van der Waals surface area contributed by atoms with Crippen molar-refractivity contribution < 1.29 is 8.42 Å². The molecule has 0 radical (unpaired) electrons. The molecule has 0 amide bonds. The Morgan fingerprint density at radius 2 is 1.86 bits per heavy atom. The molecule has 1 saturated heterocycles. The van der Waals surface area contributed by atoms with Gasteiger partial charge in [0, 0.05) is 27.2 Å². The fraction of sp³-hybridized carbons (Fsp3) is 1.00. The molecule has 0 aromatic heterocycles. The highest BCUT2D eigenvalue weighted by molar-refractivity contribution is 7.86. The molecule has 0 aromatic rings. The van der Waals surface area contributed by atoms with Crippen LogP contribution in [0.25, 0.3) is 0 Å². The van der Waals surface area contributed by atoms with Crippen LogP contribution in [0.2, 0.25) is 0 Å². The molecule has 0 aromatic carbocycles. The molecule has 4 nitrogen and oxygen atoms in total. The van der Waals surface area contributed by atoms with Gasteiger partial charge in [-0.3, -0.25) is 0 Å². The van der Waals surface area contributed by atoms with Gasteiger partial charge in [-0.2, -0.15) is 17.0 Å². The SMILES string of the molecule is CN(C)S(=O)(=O)N1CCCC(C)(C)C1. The summed E-state index contributed by atoms with van der Waals surface area (Å²) in [6.45, 7) is 5.52. The van der Waals surface area contributed by atoms with E-state index in [9.17, 15) is 8.42 Å². The third-order valence-corrected chi connectivity index (χ3v) is 4.54. The van der Waals surface area contributed by atoms with Gasteiger partial charge >= 0.3 is 0 Å². The number of piperidine rings is 1. The minimum Gasteiger partial charge on any atom is -0.195 e. The third-order valence-electron chi connectivity index (χ3n) is 2.65. The highest BCUT2D eigenvalue weighted by atomic mass is 32.2. The quantitative estimate of drug-likeness (QED) is 0.694. The maximum Gasteiger partial charge on any atom is 0.281 e. The van der Waals surface area contributed by atoms with Crippen LogP contribution in [0.3, 0.4) is 0 Å². The summed E-state index contributed by atoms with van der Waals surface area (Å²) in [5, 5.41) is 0. The molecule has 0 saturated carbocycles. The van der Waals surface area contributed by atoms with Crippen LogP contribution >= 0.6 is 0 Å². The van der Waals surface area contributed by atoms with E-state index in [1.54, 1.807) is 18.4 Å². The lowest BCUT2D eigenvalue weighted by molar-refractivity contribution is 0.181. The van der Waals surface area contributed by atoms with Crippen LogP contribution in [0.5, 0.6) is 0 Å². The minimum absolute atomic E-state index is 0.112. The van der Waals surface area contributed by atoms with Crippen molar-refractivity contribution in [3.8, 4) is 0 Å². The molecule has 5 heteroatoms. The van der Waals surface area contributed by atoms with Crippen molar-refractivity contribution in [3.05, 3.63) is 0 Å². The van der Waals surface area contributed by atoms with Gasteiger partial charge in [-0.25, -0.2) is 0 Å². The van der Waals surface area contributed by atoms with E-state index in [1.165, 1.54) is 4.31 Å². The van der Waals surface area contributed by atoms with E-state index in [2.05, 4.69) is 13.8 Å². The molecule has 0 N–H and O–H groups in total. The molecule has 84 valence electrons. The number of hydrogen-bond acceptors (Lipinski definition) is 2. The molecule has 0 unspecified atom stereocenters. The maximum atomic E-state index is 11.8. The van der Waals surface area contributed by atoms with E-state index < -0.39 is 10.2 Å². The fourth-order valence-electron chi connectivity index (χ4n) is 1.80. The molecule has 0 aliphatic carbocycles. The average Bonchev–Trinajstić information content (AvgIpc) is 2.02. The van der Waals surface area contributed by atoms with E-state index in [0.717, 1.165) is 12.8 Å².